The monoisotopic (exact) mass is 258 g/mol. The van der Waals surface area contributed by atoms with Crippen LogP contribution in [-0.2, 0) is 6.18 Å². The molecule has 0 saturated heterocycles. The van der Waals surface area contributed by atoms with Crippen molar-refractivity contribution in [2.75, 3.05) is 0 Å². The number of rotatable bonds is 0. The van der Waals surface area contributed by atoms with Crippen LogP contribution in [0, 0.1) is 5.82 Å². The third-order valence-corrected chi connectivity index (χ3v) is 2.00. The largest absolute Gasteiger partial charge is 0.506 e. The lowest BCUT2D eigenvalue weighted by molar-refractivity contribution is -0.141. The lowest BCUT2D eigenvalue weighted by atomic mass is 10.2. The van der Waals surface area contributed by atoms with Crippen molar-refractivity contribution in [2.45, 2.75) is 6.18 Å². The van der Waals surface area contributed by atoms with E-state index in [1.807, 2.05) is 0 Å². The Hall–Kier alpha value is -0.780. The number of benzene rings is 1. The van der Waals surface area contributed by atoms with Crippen molar-refractivity contribution in [3.05, 3.63) is 28.0 Å². The van der Waals surface area contributed by atoms with Crippen LogP contribution in [0.2, 0.25) is 0 Å². The Morgan fingerprint density at radius 2 is 1.77 bits per heavy atom. The number of hydrogen-bond acceptors (Lipinski definition) is 1. The van der Waals surface area contributed by atoms with Crippen LogP contribution >= 0.6 is 15.9 Å². The van der Waals surface area contributed by atoms with Crippen LogP contribution < -0.4 is 0 Å². The number of alkyl halides is 3. The first-order valence-electron chi connectivity index (χ1n) is 3.08. The maximum absolute atomic E-state index is 12.6. The zero-order valence-corrected chi connectivity index (χ0v) is 7.58. The summed E-state index contributed by atoms with van der Waals surface area (Å²) < 4.78 is 48.6. The van der Waals surface area contributed by atoms with E-state index in [4.69, 9.17) is 5.11 Å². The molecule has 1 N–H and O–H groups in total. The van der Waals surface area contributed by atoms with E-state index in [2.05, 4.69) is 15.9 Å². The summed E-state index contributed by atoms with van der Waals surface area (Å²) in [5, 5.41) is 8.91. The van der Waals surface area contributed by atoms with Gasteiger partial charge >= 0.3 is 6.18 Å². The molecule has 1 rings (SSSR count). The molecule has 1 aromatic carbocycles. The molecule has 13 heavy (non-hydrogen) atoms. The molecule has 0 saturated carbocycles. The van der Waals surface area contributed by atoms with Crippen LogP contribution in [0.25, 0.3) is 0 Å². The summed E-state index contributed by atoms with van der Waals surface area (Å²) in [4.78, 5) is 0. The van der Waals surface area contributed by atoms with E-state index in [-0.39, 0.29) is 4.47 Å². The van der Waals surface area contributed by atoms with Gasteiger partial charge in [-0.1, -0.05) is 0 Å². The van der Waals surface area contributed by atoms with Crippen LogP contribution in [0.1, 0.15) is 5.56 Å². The number of phenolic OH excluding ortho intramolecular Hbond substituents is 1. The Bertz CT molecular complexity index is 334. The Balaban J connectivity index is 3.43. The van der Waals surface area contributed by atoms with Crippen LogP contribution in [-0.4, -0.2) is 5.11 Å². The number of hydrogen-bond donors (Lipinski definition) is 1. The summed E-state index contributed by atoms with van der Waals surface area (Å²) in [5.74, 6) is -2.62. The topological polar surface area (TPSA) is 20.2 Å². The Morgan fingerprint density at radius 3 is 2.15 bits per heavy atom. The van der Waals surface area contributed by atoms with Gasteiger partial charge in [0.1, 0.15) is 17.1 Å². The third-order valence-electron chi connectivity index (χ3n) is 1.36. The van der Waals surface area contributed by atoms with Crippen LogP contribution in [0.15, 0.2) is 16.6 Å². The van der Waals surface area contributed by atoms with Gasteiger partial charge in [0.15, 0.2) is 0 Å². The van der Waals surface area contributed by atoms with Gasteiger partial charge in [-0.25, -0.2) is 4.39 Å². The summed E-state index contributed by atoms with van der Waals surface area (Å²) in [6.45, 7) is 0. The standard InChI is InChI=1S/C7H3BrF4O/c8-3-1-2-4(9)5(6(3)13)7(10,11)12/h1-2,13H. The van der Waals surface area contributed by atoms with Gasteiger partial charge < -0.3 is 5.11 Å². The molecule has 72 valence electrons. The van der Waals surface area contributed by atoms with Crippen LogP contribution in [0.4, 0.5) is 17.6 Å². The molecule has 6 heteroatoms. The molecule has 0 bridgehead atoms. The summed E-state index contributed by atoms with van der Waals surface area (Å²) in [7, 11) is 0. The van der Waals surface area contributed by atoms with E-state index in [1.54, 1.807) is 0 Å². The molecule has 0 unspecified atom stereocenters. The predicted molar refractivity (Wildman–Crippen MR) is 40.8 cm³/mol. The second-order valence-corrected chi connectivity index (χ2v) is 3.10. The van der Waals surface area contributed by atoms with E-state index < -0.39 is 23.3 Å². The normalized spacial score (nSPS) is 11.8. The fourth-order valence-electron chi connectivity index (χ4n) is 0.811. The van der Waals surface area contributed by atoms with Crippen molar-refractivity contribution in [1.82, 2.24) is 0 Å². The van der Waals surface area contributed by atoms with Crippen molar-refractivity contribution in [2.24, 2.45) is 0 Å². The van der Waals surface area contributed by atoms with Crippen molar-refractivity contribution < 1.29 is 22.7 Å². The predicted octanol–water partition coefficient (Wildman–Crippen LogP) is 3.31. The number of halogens is 5. The average molecular weight is 259 g/mol. The zero-order chi connectivity index (χ0) is 10.2. The number of phenols is 1. The van der Waals surface area contributed by atoms with Gasteiger partial charge in [0.25, 0.3) is 0 Å². The van der Waals surface area contributed by atoms with Crippen LogP contribution in [0.5, 0.6) is 5.75 Å². The highest BCUT2D eigenvalue weighted by Gasteiger charge is 2.38. The Morgan fingerprint density at radius 1 is 1.23 bits per heavy atom. The molecule has 0 amide bonds. The first kappa shape index (κ1) is 10.3. The van der Waals surface area contributed by atoms with E-state index >= 15 is 0 Å². The molecule has 0 atom stereocenters. The quantitative estimate of drug-likeness (QED) is 0.708. The lowest BCUT2D eigenvalue weighted by Gasteiger charge is -2.10. The zero-order valence-electron chi connectivity index (χ0n) is 5.99. The molecule has 0 aromatic heterocycles. The molecular weight excluding hydrogens is 256 g/mol. The molecule has 0 radical (unpaired) electrons. The van der Waals surface area contributed by atoms with Gasteiger partial charge in [0.2, 0.25) is 0 Å². The highest BCUT2D eigenvalue weighted by molar-refractivity contribution is 9.10. The molecule has 0 fully saturated rings. The van der Waals surface area contributed by atoms with Crippen molar-refractivity contribution >= 4 is 15.9 Å². The molecular formula is C7H3BrF4O. The molecule has 1 nitrogen and oxygen atoms in total. The summed E-state index contributed by atoms with van der Waals surface area (Å²) in [6.07, 6.45) is -4.89. The van der Waals surface area contributed by atoms with E-state index in [0.717, 1.165) is 6.07 Å². The number of aromatic hydroxyl groups is 1. The first-order valence-corrected chi connectivity index (χ1v) is 3.87. The molecule has 1 aromatic rings. The molecule has 0 aliphatic carbocycles. The average Bonchev–Trinajstić information content (AvgIpc) is 1.95. The van der Waals surface area contributed by atoms with Gasteiger partial charge in [0, 0.05) is 0 Å². The van der Waals surface area contributed by atoms with Gasteiger partial charge in [-0.2, -0.15) is 13.2 Å². The first-order chi connectivity index (χ1) is 5.84. The second-order valence-electron chi connectivity index (χ2n) is 2.25. The second kappa shape index (κ2) is 3.17. The van der Waals surface area contributed by atoms with Gasteiger partial charge in [-0.05, 0) is 28.1 Å². The Labute approximate surface area is 79.1 Å². The lowest BCUT2D eigenvalue weighted by Crippen LogP contribution is -2.08. The minimum Gasteiger partial charge on any atom is -0.506 e. The maximum atomic E-state index is 12.6. The molecule has 0 spiro atoms. The molecule has 0 aliphatic heterocycles. The summed E-state index contributed by atoms with van der Waals surface area (Å²) >= 11 is 2.66. The minimum absolute atomic E-state index is 0.193. The third kappa shape index (κ3) is 1.93. The highest BCUT2D eigenvalue weighted by Crippen LogP contribution is 2.40. The van der Waals surface area contributed by atoms with E-state index in [9.17, 15) is 17.6 Å². The van der Waals surface area contributed by atoms with Gasteiger partial charge in [-0.3, -0.25) is 0 Å². The van der Waals surface area contributed by atoms with Crippen LogP contribution in [0.3, 0.4) is 0 Å². The smallest absolute Gasteiger partial charge is 0.422 e. The summed E-state index contributed by atoms with van der Waals surface area (Å²) in [5.41, 5.74) is -1.65. The highest BCUT2D eigenvalue weighted by atomic mass is 79.9. The molecule has 0 aliphatic rings. The summed E-state index contributed by atoms with van der Waals surface area (Å²) in [6, 6.07) is 1.63. The van der Waals surface area contributed by atoms with E-state index in [1.165, 1.54) is 0 Å². The van der Waals surface area contributed by atoms with Gasteiger partial charge in [0.05, 0.1) is 4.47 Å². The fraction of sp³-hybridized carbons (Fsp3) is 0.143. The minimum atomic E-state index is -4.89. The van der Waals surface area contributed by atoms with Crippen molar-refractivity contribution in [1.29, 1.82) is 0 Å². The van der Waals surface area contributed by atoms with Crippen molar-refractivity contribution in [3.63, 3.8) is 0 Å². The van der Waals surface area contributed by atoms with Crippen molar-refractivity contribution in [3.8, 4) is 5.75 Å². The fourth-order valence-corrected chi connectivity index (χ4v) is 1.14. The molecule has 0 heterocycles. The maximum Gasteiger partial charge on any atom is 0.422 e. The van der Waals surface area contributed by atoms with Gasteiger partial charge in [-0.15, -0.1) is 0 Å². The van der Waals surface area contributed by atoms with E-state index in [0.29, 0.717) is 6.07 Å². The Kier molecular flexibility index (Phi) is 2.51. The SMILES string of the molecule is Oc1c(Br)ccc(F)c1C(F)(F)F.